The number of aliphatic carboxylic acids is 1. The van der Waals surface area contributed by atoms with E-state index in [-0.39, 0.29) is 6.61 Å². The third-order valence-electron chi connectivity index (χ3n) is 6.01. The lowest BCUT2D eigenvalue weighted by molar-refractivity contribution is -0.142. The van der Waals surface area contributed by atoms with Crippen molar-refractivity contribution in [3.63, 3.8) is 0 Å². The van der Waals surface area contributed by atoms with Gasteiger partial charge in [0.15, 0.2) is 0 Å². The van der Waals surface area contributed by atoms with Crippen molar-refractivity contribution in [3.8, 4) is 22.4 Å². The van der Waals surface area contributed by atoms with Gasteiger partial charge in [0.1, 0.15) is 12.3 Å². The zero-order valence-corrected chi connectivity index (χ0v) is 18.4. The molecular formula is C25H28N2O3S. The summed E-state index contributed by atoms with van der Waals surface area (Å²) >= 11 is 4.90. The number of ether oxygens (including phenoxy) is 1. The summed E-state index contributed by atoms with van der Waals surface area (Å²) in [5.41, 5.74) is 4.25. The van der Waals surface area contributed by atoms with Gasteiger partial charge in [0, 0.05) is 17.7 Å². The normalized spacial score (nSPS) is 18.7. The largest absolute Gasteiger partial charge is 0.480 e. The van der Waals surface area contributed by atoms with Crippen molar-refractivity contribution in [3.05, 3.63) is 60.7 Å². The summed E-state index contributed by atoms with van der Waals surface area (Å²) in [6, 6.07) is 20.6. The van der Waals surface area contributed by atoms with E-state index < -0.39 is 5.97 Å². The number of thiol groups is 1. The van der Waals surface area contributed by atoms with Gasteiger partial charge < -0.3 is 9.84 Å². The van der Waals surface area contributed by atoms with E-state index in [2.05, 4.69) is 28.9 Å². The molecule has 0 atom stereocenters. The van der Waals surface area contributed by atoms with Crippen LogP contribution in [0.3, 0.4) is 0 Å². The van der Waals surface area contributed by atoms with E-state index in [0.717, 1.165) is 59.6 Å². The average molecular weight is 437 g/mol. The predicted octanol–water partition coefficient (Wildman–Crippen LogP) is 5.41. The number of benzene rings is 2. The number of rotatable bonds is 8. The molecule has 1 fully saturated rings. The Morgan fingerprint density at radius 3 is 2.16 bits per heavy atom. The molecule has 0 saturated heterocycles. The minimum Gasteiger partial charge on any atom is -0.480 e. The second-order valence-electron chi connectivity index (χ2n) is 8.26. The second kappa shape index (κ2) is 10.2. The molecule has 0 aliphatic heterocycles. The first-order valence-corrected chi connectivity index (χ1v) is 11.3. The fraction of sp³-hybridized carbons (Fsp3) is 0.360. The van der Waals surface area contributed by atoms with Crippen molar-refractivity contribution in [1.82, 2.24) is 9.78 Å². The van der Waals surface area contributed by atoms with Gasteiger partial charge >= 0.3 is 5.97 Å². The maximum Gasteiger partial charge on any atom is 0.329 e. The van der Waals surface area contributed by atoms with Crippen LogP contribution in [0.1, 0.15) is 25.7 Å². The van der Waals surface area contributed by atoms with Crippen LogP contribution in [0.4, 0.5) is 0 Å². The number of carboxylic acids is 1. The summed E-state index contributed by atoms with van der Waals surface area (Å²) in [7, 11) is 0. The molecule has 1 aromatic heterocycles. The van der Waals surface area contributed by atoms with E-state index in [1.807, 2.05) is 36.4 Å². The lowest BCUT2D eigenvalue weighted by atomic mass is 9.82. The molecule has 0 radical (unpaired) electrons. The number of hydrogen-bond donors (Lipinski definition) is 2. The Kier molecular flexibility index (Phi) is 7.10. The molecule has 0 bridgehead atoms. The molecule has 0 unspecified atom stereocenters. The van der Waals surface area contributed by atoms with Crippen LogP contribution in [-0.4, -0.2) is 34.1 Å². The van der Waals surface area contributed by atoms with Crippen molar-refractivity contribution in [2.75, 3.05) is 13.2 Å². The van der Waals surface area contributed by atoms with Gasteiger partial charge in [-0.1, -0.05) is 60.7 Å². The Labute approximate surface area is 188 Å². The van der Waals surface area contributed by atoms with Crippen molar-refractivity contribution < 1.29 is 14.6 Å². The van der Waals surface area contributed by atoms with Crippen LogP contribution in [0, 0.1) is 11.8 Å². The monoisotopic (exact) mass is 436 g/mol. The van der Waals surface area contributed by atoms with Gasteiger partial charge in [0.05, 0.1) is 11.6 Å². The van der Waals surface area contributed by atoms with Crippen LogP contribution < -0.4 is 0 Å². The predicted molar refractivity (Wildman–Crippen MR) is 124 cm³/mol. The van der Waals surface area contributed by atoms with Crippen molar-refractivity contribution >= 4 is 18.6 Å². The molecule has 5 nitrogen and oxygen atoms in total. The van der Waals surface area contributed by atoms with Crippen LogP contribution >= 0.6 is 12.6 Å². The van der Waals surface area contributed by atoms with Gasteiger partial charge in [-0.2, -0.15) is 5.10 Å². The first-order chi connectivity index (χ1) is 15.1. The van der Waals surface area contributed by atoms with Crippen LogP contribution in [0.2, 0.25) is 0 Å². The molecule has 4 rings (SSSR count). The van der Waals surface area contributed by atoms with E-state index in [0.29, 0.717) is 18.4 Å². The van der Waals surface area contributed by atoms with E-state index in [1.54, 1.807) is 0 Å². The molecule has 6 heteroatoms. The first kappa shape index (κ1) is 21.7. The van der Waals surface area contributed by atoms with E-state index >= 15 is 0 Å². The molecule has 1 saturated carbocycles. The molecule has 162 valence electrons. The number of carbonyl (C=O) groups is 1. The molecule has 0 amide bonds. The van der Waals surface area contributed by atoms with Gasteiger partial charge in [-0.05, 0) is 43.1 Å². The van der Waals surface area contributed by atoms with Crippen LogP contribution in [0.15, 0.2) is 65.7 Å². The fourth-order valence-electron chi connectivity index (χ4n) is 4.39. The lowest BCUT2D eigenvalue weighted by Gasteiger charge is -2.28. The van der Waals surface area contributed by atoms with Crippen molar-refractivity contribution in [1.29, 1.82) is 0 Å². The standard InChI is InChI=1S/C25H28N2O3S/c28-22(29)17-30-16-19-13-11-18(12-14-19)15-27-25(31)23(20-7-3-1-4-8-20)24(26-27)21-9-5-2-6-10-21/h1-10,18-19,31H,11-17H2,(H,28,29)/t18-,19+. The molecular weight excluding hydrogens is 408 g/mol. The maximum atomic E-state index is 10.6. The van der Waals surface area contributed by atoms with E-state index in [4.69, 9.17) is 27.6 Å². The highest BCUT2D eigenvalue weighted by Crippen LogP contribution is 2.38. The molecule has 1 aliphatic rings. The Morgan fingerprint density at radius 1 is 0.968 bits per heavy atom. The summed E-state index contributed by atoms with van der Waals surface area (Å²) in [5, 5.41) is 14.6. The molecule has 1 aliphatic carbocycles. The van der Waals surface area contributed by atoms with Gasteiger partial charge in [-0.25, -0.2) is 4.79 Å². The van der Waals surface area contributed by atoms with Crippen LogP contribution in [-0.2, 0) is 16.1 Å². The highest BCUT2D eigenvalue weighted by atomic mass is 32.1. The third-order valence-corrected chi connectivity index (χ3v) is 6.47. The van der Waals surface area contributed by atoms with Gasteiger partial charge in [-0.3, -0.25) is 4.68 Å². The Hall–Kier alpha value is -2.57. The Bertz CT molecular complexity index is 996. The highest BCUT2D eigenvalue weighted by Gasteiger charge is 2.25. The molecule has 1 N–H and O–H groups in total. The molecule has 0 spiro atoms. The SMILES string of the molecule is O=C(O)COC[C@H]1CC[C@@H](Cn2nc(-c3ccccc3)c(-c3ccccc3)c2S)CC1. The number of carboxylic acid groups (broad SMARTS) is 1. The van der Waals surface area contributed by atoms with Gasteiger partial charge in [0.25, 0.3) is 0 Å². The second-order valence-corrected chi connectivity index (χ2v) is 8.68. The summed E-state index contributed by atoms with van der Waals surface area (Å²) in [4.78, 5) is 10.6. The van der Waals surface area contributed by atoms with Crippen molar-refractivity contribution in [2.24, 2.45) is 11.8 Å². The Balaban J connectivity index is 1.50. The molecule has 31 heavy (non-hydrogen) atoms. The summed E-state index contributed by atoms with van der Waals surface area (Å²) in [6.07, 6.45) is 4.31. The zero-order chi connectivity index (χ0) is 21.6. The highest BCUT2D eigenvalue weighted by molar-refractivity contribution is 7.80. The fourth-order valence-corrected chi connectivity index (χ4v) is 4.75. The number of hydrogen-bond acceptors (Lipinski definition) is 4. The van der Waals surface area contributed by atoms with Gasteiger partial charge in [-0.15, -0.1) is 12.6 Å². The van der Waals surface area contributed by atoms with E-state index in [1.165, 1.54) is 0 Å². The summed E-state index contributed by atoms with van der Waals surface area (Å²) in [6.45, 7) is 1.17. The first-order valence-electron chi connectivity index (χ1n) is 10.8. The molecule has 1 heterocycles. The number of aromatic nitrogens is 2. The summed E-state index contributed by atoms with van der Waals surface area (Å²) < 4.78 is 7.35. The topological polar surface area (TPSA) is 64.3 Å². The molecule has 3 aromatic rings. The van der Waals surface area contributed by atoms with Crippen molar-refractivity contribution in [2.45, 2.75) is 37.3 Å². The minimum absolute atomic E-state index is 0.208. The van der Waals surface area contributed by atoms with Gasteiger partial charge in [0.2, 0.25) is 0 Å². The maximum absolute atomic E-state index is 10.6. The lowest BCUT2D eigenvalue weighted by Crippen LogP contribution is -2.23. The Morgan fingerprint density at radius 2 is 1.55 bits per heavy atom. The quantitative estimate of drug-likeness (QED) is 0.463. The summed E-state index contributed by atoms with van der Waals surface area (Å²) in [5.74, 6) is 0.0781. The molecule has 2 aromatic carbocycles. The van der Waals surface area contributed by atoms with Crippen LogP contribution in [0.5, 0.6) is 0 Å². The average Bonchev–Trinajstić information content (AvgIpc) is 3.12. The minimum atomic E-state index is -0.905. The number of nitrogens with zero attached hydrogens (tertiary/aromatic N) is 2. The van der Waals surface area contributed by atoms with E-state index in [9.17, 15) is 4.79 Å². The third kappa shape index (κ3) is 5.38. The zero-order valence-electron chi connectivity index (χ0n) is 17.5. The van der Waals surface area contributed by atoms with Crippen LogP contribution in [0.25, 0.3) is 22.4 Å². The smallest absolute Gasteiger partial charge is 0.329 e.